The highest BCUT2D eigenvalue weighted by Crippen LogP contribution is 2.43. The van der Waals surface area contributed by atoms with E-state index in [0.29, 0.717) is 12.0 Å². The number of carbonyl (C=O) groups is 1. The Morgan fingerprint density at radius 2 is 2.12 bits per heavy atom. The molecule has 0 saturated heterocycles. The Balaban J connectivity index is 2.65. The van der Waals surface area contributed by atoms with Gasteiger partial charge in [0.25, 0.3) is 0 Å². The molecule has 3 nitrogen and oxygen atoms in total. The molecule has 1 rings (SSSR count). The third-order valence-corrected chi connectivity index (χ3v) is 4.46. The molecule has 1 amide bonds. The third-order valence-electron chi connectivity index (χ3n) is 3.79. The molecule has 0 aromatic carbocycles. The molecule has 17 heavy (non-hydrogen) atoms. The van der Waals surface area contributed by atoms with E-state index in [1.165, 1.54) is 12.8 Å². The minimum absolute atomic E-state index is 0.0702. The van der Waals surface area contributed by atoms with Crippen molar-refractivity contribution in [3.63, 3.8) is 0 Å². The van der Waals surface area contributed by atoms with E-state index in [4.69, 9.17) is 12.6 Å². The van der Waals surface area contributed by atoms with E-state index in [2.05, 4.69) is 12.2 Å². The van der Waals surface area contributed by atoms with Crippen LogP contribution in [0.25, 0.3) is 0 Å². The average Bonchev–Trinajstić information content (AvgIpc) is 3.09. The van der Waals surface area contributed by atoms with Crippen molar-refractivity contribution in [2.24, 2.45) is 11.8 Å². The van der Waals surface area contributed by atoms with Gasteiger partial charge in [0.2, 0.25) is 5.91 Å². The van der Waals surface area contributed by atoms with Crippen LogP contribution in [0.3, 0.4) is 0 Å². The molecule has 0 bridgehead atoms. The van der Waals surface area contributed by atoms with Gasteiger partial charge in [-0.2, -0.15) is 12.6 Å². The number of amides is 1. The summed E-state index contributed by atoms with van der Waals surface area (Å²) in [4.78, 5) is 13.5. The topological polar surface area (TPSA) is 32.3 Å². The van der Waals surface area contributed by atoms with Crippen molar-refractivity contribution in [2.45, 2.75) is 51.4 Å². The van der Waals surface area contributed by atoms with Gasteiger partial charge in [0, 0.05) is 19.5 Å². The molecular formula is C13H26N2OS. The van der Waals surface area contributed by atoms with Crippen molar-refractivity contribution in [3.05, 3.63) is 0 Å². The maximum atomic E-state index is 11.6. The van der Waals surface area contributed by atoms with Crippen LogP contribution >= 0.6 is 12.6 Å². The first-order valence-electron chi connectivity index (χ1n) is 6.63. The summed E-state index contributed by atoms with van der Waals surface area (Å²) >= 11 is 4.71. The van der Waals surface area contributed by atoms with Crippen LogP contribution in [-0.4, -0.2) is 35.8 Å². The van der Waals surface area contributed by atoms with Gasteiger partial charge in [-0.15, -0.1) is 0 Å². The molecule has 3 atom stereocenters. The molecule has 1 aliphatic carbocycles. The molecule has 0 aliphatic heterocycles. The van der Waals surface area contributed by atoms with Crippen LogP contribution < -0.4 is 5.32 Å². The third kappa shape index (κ3) is 4.18. The number of thiol groups is 1. The zero-order chi connectivity index (χ0) is 13.0. The van der Waals surface area contributed by atoms with Crippen LogP contribution in [-0.2, 0) is 4.79 Å². The number of nitrogens with zero attached hydrogens (tertiary/aromatic N) is 1. The van der Waals surface area contributed by atoms with Crippen LogP contribution in [0.15, 0.2) is 0 Å². The molecule has 3 unspecified atom stereocenters. The fourth-order valence-electron chi connectivity index (χ4n) is 2.44. The smallest absolute Gasteiger partial charge is 0.220 e. The van der Waals surface area contributed by atoms with Crippen LogP contribution in [0.4, 0.5) is 0 Å². The van der Waals surface area contributed by atoms with E-state index < -0.39 is 0 Å². The van der Waals surface area contributed by atoms with Gasteiger partial charge in [-0.05, 0) is 52.0 Å². The summed E-state index contributed by atoms with van der Waals surface area (Å²) in [5.41, 5.74) is 0. The number of carbonyl (C=O) groups excluding carboxylic acids is 1. The summed E-state index contributed by atoms with van der Waals surface area (Å²) < 4.78 is 0. The van der Waals surface area contributed by atoms with Gasteiger partial charge in [0.05, 0.1) is 5.37 Å². The molecule has 4 heteroatoms. The summed E-state index contributed by atoms with van der Waals surface area (Å²) in [7, 11) is 1.99. The Morgan fingerprint density at radius 1 is 1.53 bits per heavy atom. The van der Waals surface area contributed by atoms with Crippen molar-refractivity contribution in [3.8, 4) is 0 Å². The Morgan fingerprint density at radius 3 is 2.47 bits per heavy atom. The van der Waals surface area contributed by atoms with Gasteiger partial charge in [-0.1, -0.05) is 0 Å². The van der Waals surface area contributed by atoms with Gasteiger partial charge in [-0.25, -0.2) is 0 Å². The molecule has 0 aromatic heterocycles. The minimum atomic E-state index is 0.0702. The zero-order valence-electron chi connectivity index (χ0n) is 11.4. The summed E-state index contributed by atoms with van der Waals surface area (Å²) in [6.45, 7) is 6.61. The van der Waals surface area contributed by atoms with Gasteiger partial charge in [0.1, 0.15) is 0 Å². The number of hydrogen-bond donors (Lipinski definition) is 2. The van der Waals surface area contributed by atoms with Crippen molar-refractivity contribution >= 4 is 18.5 Å². The van der Waals surface area contributed by atoms with Crippen LogP contribution in [0.5, 0.6) is 0 Å². The quantitative estimate of drug-likeness (QED) is 0.542. The lowest BCUT2D eigenvalue weighted by molar-refractivity contribution is -0.130. The van der Waals surface area contributed by atoms with Crippen LogP contribution in [0.2, 0.25) is 0 Å². The molecule has 0 spiro atoms. The van der Waals surface area contributed by atoms with Gasteiger partial charge in [-0.3, -0.25) is 4.79 Å². The maximum absolute atomic E-state index is 11.6. The van der Waals surface area contributed by atoms with Crippen LogP contribution in [0.1, 0.15) is 40.0 Å². The number of hydrogen-bond acceptors (Lipinski definition) is 3. The van der Waals surface area contributed by atoms with E-state index in [1.54, 1.807) is 6.92 Å². The fraction of sp³-hybridized carbons (Fsp3) is 0.923. The minimum Gasteiger partial charge on any atom is -0.331 e. The standard InChI is InChI=1S/C13H26N2OS/c1-5-15(10(3)16)13(17)12(11-6-7-11)8-9(2)14-4/h9,11-14,17H,5-8H2,1-4H3. The summed E-state index contributed by atoms with van der Waals surface area (Å²) in [5.74, 6) is 1.42. The van der Waals surface area contributed by atoms with Gasteiger partial charge < -0.3 is 10.2 Å². The second-order valence-corrected chi connectivity index (χ2v) is 5.67. The second-order valence-electron chi connectivity index (χ2n) is 5.15. The zero-order valence-corrected chi connectivity index (χ0v) is 12.3. The molecule has 1 fully saturated rings. The van der Waals surface area contributed by atoms with E-state index in [-0.39, 0.29) is 11.3 Å². The molecular weight excluding hydrogens is 232 g/mol. The molecule has 1 saturated carbocycles. The van der Waals surface area contributed by atoms with Gasteiger partial charge in [0.15, 0.2) is 0 Å². The molecule has 100 valence electrons. The Bertz CT molecular complexity index is 256. The van der Waals surface area contributed by atoms with E-state index in [0.717, 1.165) is 18.9 Å². The predicted octanol–water partition coefficient (Wildman–Crippen LogP) is 2.13. The van der Waals surface area contributed by atoms with Crippen molar-refractivity contribution < 1.29 is 4.79 Å². The highest BCUT2D eigenvalue weighted by atomic mass is 32.1. The van der Waals surface area contributed by atoms with Gasteiger partial charge >= 0.3 is 0 Å². The average molecular weight is 258 g/mol. The van der Waals surface area contributed by atoms with Crippen molar-refractivity contribution in [2.75, 3.05) is 13.6 Å². The van der Waals surface area contributed by atoms with Crippen LogP contribution in [0, 0.1) is 11.8 Å². The summed E-state index contributed by atoms with van der Waals surface area (Å²) in [6.07, 6.45) is 3.69. The van der Waals surface area contributed by atoms with Crippen molar-refractivity contribution in [1.82, 2.24) is 10.2 Å². The molecule has 0 radical (unpaired) electrons. The Labute approximate surface area is 111 Å². The molecule has 0 heterocycles. The van der Waals surface area contributed by atoms with Crippen molar-refractivity contribution in [1.29, 1.82) is 0 Å². The lowest BCUT2D eigenvalue weighted by atomic mass is 9.94. The second kappa shape index (κ2) is 6.64. The fourth-order valence-corrected chi connectivity index (χ4v) is 3.13. The maximum Gasteiger partial charge on any atom is 0.220 e. The Kier molecular flexibility index (Phi) is 5.80. The first-order chi connectivity index (χ1) is 8.01. The predicted molar refractivity (Wildman–Crippen MR) is 75.2 cm³/mol. The number of rotatable bonds is 7. The van der Waals surface area contributed by atoms with E-state index in [1.807, 2.05) is 18.9 Å². The largest absolute Gasteiger partial charge is 0.331 e. The first kappa shape index (κ1) is 14.8. The van der Waals surface area contributed by atoms with E-state index >= 15 is 0 Å². The van der Waals surface area contributed by atoms with E-state index in [9.17, 15) is 4.79 Å². The summed E-state index contributed by atoms with van der Waals surface area (Å²) in [5, 5.41) is 3.35. The highest BCUT2D eigenvalue weighted by molar-refractivity contribution is 7.80. The first-order valence-corrected chi connectivity index (χ1v) is 7.15. The lowest BCUT2D eigenvalue weighted by Gasteiger charge is -2.34. The highest BCUT2D eigenvalue weighted by Gasteiger charge is 2.38. The summed E-state index contributed by atoms with van der Waals surface area (Å²) in [6, 6.07) is 0.487. The molecule has 1 N–H and O–H groups in total. The number of nitrogens with one attached hydrogen (secondary N) is 1. The molecule has 1 aliphatic rings. The lowest BCUT2D eigenvalue weighted by Crippen LogP contribution is -2.42. The molecule has 0 aromatic rings. The monoisotopic (exact) mass is 258 g/mol. The SMILES string of the molecule is CCN(C(C)=O)C(S)C(CC(C)NC)C1CC1. The Hall–Kier alpha value is -0.220. The normalized spacial score (nSPS) is 20.8.